The second-order valence-electron chi connectivity index (χ2n) is 4.31. The van der Waals surface area contributed by atoms with Gasteiger partial charge >= 0.3 is 0 Å². The first-order valence-corrected chi connectivity index (χ1v) is 6.88. The van der Waals surface area contributed by atoms with Gasteiger partial charge in [0.25, 0.3) is 5.91 Å². The summed E-state index contributed by atoms with van der Waals surface area (Å²) in [6.07, 6.45) is 0.728. The number of nitrogens with one attached hydrogen (secondary N) is 1. The van der Waals surface area contributed by atoms with Crippen molar-refractivity contribution in [2.75, 3.05) is 6.61 Å². The predicted molar refractivity (Wildman–Crippen MR) is 75.2 cm³/mol. The molecule has 96 valence electrons. The zero-order valence-electron chi connectivity index (χ0n) is 10.6. The molecule has 0 saturated carbocycles. The smallest absolute Gasteiger partial charge is 0.261 e. The minimum Gasteiger partial charge on any atom is -0.394 e. The Hall–Kier alpha value is -1.39. The largest absolute Gasteiger partial charge is 0.394 e. The van der Waals surface area contributed by atoms with Gasteiger partial charge in [-0.2, -0.15) is 0 Å². The van der Waals surface area contributed by atoms with E-state index in [2.05, 4.69) is 5.32 Å². The SMILES string of the molecule is CC[C@@H](CO)NC(=O)c1sc2ccccc2c1C. The van der Waals surface area contributed by atoms with Crippen molar-refractivity contribution in [3.63, 3.8) is 0 Å². The fraction of sp³-hybridized carbons (Fsp3) is 0.357. The second-order valence-corrected chi connectivity index (χ2v) is 5.37. The van der Waals surface area contributed by atoms with Crippen LogP contribution in [0.25, 0.3) is 10.1 Å². The van der Waals surface area contributed by atoms with Crippen LogP contribution in [0.4, 0.5) is 0 Å². The van der Waals surface area contributed by atoms with Gasteiger partial charge in [0, 0.05) is 4.70 Å². The van der Waals surface area contributed by atoms with Crippen molar-refractivity contribution in [2.24, 2.45) is 0 Å². The highest BCUT2D eigenvalue weighted by molar-refractivity contribution is 7.21. The number of carbonyl (C=O) groups is 1. The van der Waals surface area contributed by atoms with Crippen molar-refractivity contribution >= 4 is 27.3 Å². The Morgan fingerprint density at radius 2 is 2.17 bits per heavy atom. The van der Waals surface area contributed by atoms with Crippen LogP contribution in [0, 0.1) is 6.92 Å². The van der Waals surface area contributed by atoms with Crippen LogP contribution in [-0.2, 0) is 0 Å². The summed E-state index contributed by atoms with van der Waals surface area (Å²) < 4.78 is 1.12. The summed E-state index contributed by atoms with van der Waals surface area (Å²) in [5.41, 5.74) is 1.01. The molecule has 0 saturated heterocycles. The number of fused-ring (bicyclic) bond motifs is 1. The standard InChI is InChI=1S/C14H17NO2S/c1-3-10(8-16)15-14(17)13-9(2)11-6-4-5-7-12(11)18-13/h4-7,10,16H,3,8H2,1-2H3,(H,15,17)/t10-/m0/s1. The lowest BCUT2D eigenvalue weighted by Gasteiger charge is -2.13. The molecule has 0 unspecified atom stereocenters. The molecule has 0 spiro atoms. The van der Waals surface area contributed by atoms with Gasteiger partial charge in [0.2, 0.25) is 0 Å². The van der Waals surface area contributed by atoms with Gasteiger partial charge in [0.1, 0.15) is 0 Å². The van der Waals surface area contributed by atoms with Crippen molar-refractivity contribution in [2.45, 2.75) is 26.3 Å². The third kappa shape index (κ3) is 2.40. The summed E-state index contributed by atoms with van der Waals surface area (Å²) in [7, 11) is 0. The van der Waals surface area contributed by atoms with E-state index < -0.39 is 0 Å². The van der Waals surface area contributed by atoms with Crippen LogP contribution in [0.3, 0.4) is 0 Å². The quantitative estimate of drug-likeness (QED) is 0.891. The van der Waals surface area contributed by atoms with Gasteiger partial charge in [-0.05, 0) is 30.4 Å². The molecule has 0 aliphatic carbocycles. The van der Waals surface area contributed by atoms with E-state index in [0.717, 1.165) is 26.9 Å². The van der Waals surface area contributed by atoms with Gasteiger partial charge < -0.3 is 10.4 Å². The number of aliphatic hydroxyl groups excluding tert-OH is 1. The maximum atomic E-state index is 12.2. The number of aliphatic hydroxyl groups is 1. The van der Waals surface area contributed by atoms with E-state index in [-0.39, 0.29) is 18.6 Å². The van der Waals surface area contributed by atoms with Crippen molar-refractivity contribution in [3.05, 3.63) is 34.7 Å². The maximum absolute atomic E-state index is 12.2. The molecule has 2 N–H and O–H groups in total. The number of rotatable bonds is 4. The van der Waals surface area contributed by atoms with Crippen LogP contribution >= 0.6 is 11.3 Å². The summed E-state index contributed by atoms with van der Waals surface area (Å²) in [6.45, 7) is 3.89. The topological polar surface area (TPSA) is 49.3 Å². The third-order valence-corrected chi connectivity index (χ3v) is 4.37. The van der Waals surface area contributed by atoms with E-state index in [1.165, 1.54) is 11.3 Å². The molecule has 1 atom stereocenters. The first kappa shape index (κ1) is 13.1. The molecular weight excluding hydrogens is 246 g/mol. The van der Waals surface area contributed by atoms with Crippen LogP contribution in [0.2, 0.25) is 0 Å². The Morgan fingerprint density at radius 1 is 1.44 bits per heavy atom. The Bertz CT molecular complexity index is 558. The summed E-state index contributed by atoms with van der Waals surface area (Å²) in [5, 5.41) is 13.1. The Kier molecular flexibility index (Phi) is 3.99. The molecule has 1 aromatic heterocycles. The fourth-order valence-electron chi connectivity index (χ4n) is 1.92. The highest BCUT2D eigenvalue weighted by Crippen LogP contribution is 2.30. The molecule has 3 nitrogen and oxygen atoms in total. The monoisotopic (exact) mass is 263 g/mol. The van der Waals surface area contributed by atoms with E-state index >= 15 is 0 Å². The van der Waals surface area contributed by atoms with E-state index in [0.29, 0.717) is 0 Å². The van der Waals surface area contributed by atoms with Gasteiger partial charge in [-0.1, -0.05) is 25.1 Å². The number of hydrogen-bond donors (Lipinski definition) is 2. The molecule has 2 rings (SSSR count). The van der Waals surface area contributed by atoms with Crippen molar-refractivity contribution < 1.29 is 9.90 Å². The average molecular weight is 263 g/mol. The van der Waals surface area contributed by atoms with E-state index in [1.54, 1.807) is 0 Å². The molecule has 0 bridgehead atoms. The molecule has 18 heavy (non-hydrogen) atoms. The van der Waals surface area contributed by atoms with Crippen molar-refractivity contribution in [1.82, 2.24) is 5.32 Å². The van der Waals surface area contributed by atoms with Crippen LogP contribution in [-0.4, -0.2) is 23.7 Å². The number of amides is 1. The highest BCUT2D eigenvalue weighted by Gasteiger charge is 2.17. The molecular formula is C14H17NO2S. The van der Waals surface area contributed by atoms with Crippen LogP contribution in [0.5, 0.6) is 0 Å². The summed E-state index contributed by atoms with van der Waals surface area (Å²) in [4.78, 5) is 12.9. The summed E-state index contributed by atoms with van der Waals surface area (Å²) >= 11 is 1.50. The first-order valence-electron chi connectivity index (χ1n) is 6.07. The molecule has 1 amide bonds. The van der Waals surface area contributed by atoms with Gasteiger partial charge in [-0.3, -0.25) is 4.79 Å². The minimum atomic E-state index is -0.165. The summed E-state index contributed by atoms with van der Waals surface area (Å²) in [5.74, 6) is -0.0883. The highest BCUT2D eigenvalue weighted by atomic mass is 32.1. The third-order valence-electron chi connectivity index (χ3n) is 3.10. The number of benzene rings is 1. The van der Waals surface area contributed by atoms with Crippen molar-refractivity contribution in [3.8, 4) is 0 Å². The van der Waals surface area contributed by atoms with Crippen molar-refractivity contribution in [1.29, 1.82) is 0 Å². The minimum absolute atomic E-state index is 0.0216. The van der Waals surface area contributed by atoms with E-state index in [1.807, 2.05) is 38.1 Å². The first-order chi connectivity index (χ1) is 8.67. The van der Waals surface area contributed by atoms with Crippen LogP contribution in [0.15, 0.2) is 24.3 Å². The lowest BCUT2D eigenvalue weighted by Crippen LogP contribution is -2.36. The number of thiophene rings is 1. The molecule has 1 heterocycles. The molecule has 4 heteroatoms. The molecule has 0 radical (unpaired) electrons. The molecule has 1 aromatic carbocycles. The molecule has 0 fully saturated rings. The zero-order chi connectivity index (χ0) is 13.1. The maximum Gasteiger partial charge on any atom is 0.261 e. The average Bonchev–Trinajstić information content (AvgIpc) is 2.74. The Morgan fingerprint density at radius 3 is 2.78 bits per heavy atom. The van der Waals surface area contributed by atoms with Gasteiger partial charge in [-0.25, -0.2) is 0 Å². The predicted octanol–water partition coefficient (Wildman–Crippen LogP) is 2.71. The normalized spacial score (nSPS) is 12.6. The Labute approximate surface area is 110 Å². The van der Waals surface area contributed by atoms with E-state index in [4.69, 9.17) is 5.11 Å². The van der Waals surface area contributed by atoms with Gasteiger partial charge in [0.05, 0.1) is 17.5 Å². The number of carbonyl (C=O) groups excluding carboxylic acids is 1. The fourth-order valence-corrected chi connectivity index (χ4v) is 3.03. The molecule has 0 aliphatic rings. The van der Waals surface area contributed by atoms with E-state index in [9.17, 15) is 4.79 Å². The molecule has 2 aromatic rings. The van der Waals surface area contributed by atoms with Gasteiger partial charge in [0.15, 0.2) is 0 Å². The summed E-state index contributed by atoms with van der Waals surface area (Å²) in [6, 6.07) is 7.84. The van der Waals surface area contributed by atoms with Gasteiger partial charge in [-0.15, -0.1) is 11.3 Å². The Balaban J connectivity index is 2.30. The van der Waals surface area contributed by atoms with Crippen LogP contribution < -0.4 is 5.32 Å². The number of aryl methyl sites for hydroxylation is 1. The lowest BCUT2D eigenvalue weighted by molar-refractivity contribution is 0.0918. The lowest BCUT2D eigenvalue weighted by atomic mass is 10.1. The number of hydrogen-bond acceptors (Lipinski definition) is 3. The second kappa shape index (κ2) is 5.50. The molecule has 0 aliphatic heterocycles. The zero-order valence-corrected chi connectivity index (χ0v) is 11.4. The van der Waals surface area contributed by atoms with Crippen LogP contribution in [0.1, 0.15) is 28.6 Å².